The molecule has 5 heteroatoms. The van der Waals surface area contributed by atoms with E-state index in [-0.39, 0.29) is 5.89 Å². The van der Waals surface area contributed by atoms with E-state index in [1.165, 1.54) is 6.26 Å². The highest BCUT2D eigenvalue weighted by Crippen LogP contribution is 2.21. The zero-order chi connectivity index (χ0) is 10.8. The molecule has 0 fully saturated rings. The second-order valence-electron chi connectivity index (χ2n) is 2.91. The summed E-state index contributed by atoms with van der Waals surface area (Å²) in [5.41, 5.74) is 6.32. The first-order chi connectivity index (χ1) is 7.16. The van der Waals surface area contributed by atoms with Gasteiger partial charge >= 0.3 is 5.91 Å². The van der Waals surface area contributed by atoms with Gasteiger partial charge in [0, 0.05) is 10.6 Å². The molecule has 1 aromatic heterocycles. The molecule has 2 rings (SSSR count). The van der Waals surface area contributed by atoms with Gasteiger partial charge in [-0.25, -0.2) is 4.98 Å². The molecule has 15 heavy (non-hydrogen) atoms. The number of carbonyl (C=O) groups is 1. The third-order valence-electron chi connectivity index (χ3n) is 1.84. The van der Waals surface area contributed by atoms with Crippen molar-refractivity contribution in [2.24, 2.45) is 5.73 Å². The Labute approximate surface area is 90.7 Å². The molecule has 0 saturated carbocycles. The highest BCUT2D eigenvalue weighted by molar-refractivity contribution is 6.30. The lowest BCUT2D eigenvalue weighted by Gasteiger charge is -1.94. The minimum absolute atomic E-state index is 0.107. The van der Waals surface area contributed by atoms with Gasteiger partial charge in [0.2, 0.25) is 0 Å². The van der Waals surface area contributed by atoms with E-state index < -0.39 is 5.91 Å². The van der Waals surface area contributed by atoms with Crippen molar-refractivity contribution in [2.75, 3.05) is 0 Å². The minimum atomic E-state index is -0.691. The van der Waals surface area contributed by atoms with Crippen LogP contribution < -0.4 is 5.73 Å². The van der Waals surface area contributed by atoms with E-state index in [0.717, 1.165) is 5.56 Å². The molecule has 0 bridgehead atoms. The first-order valence-corrected chi connectivity index (χ1v) is 4.56. The average Bonchev–Trinajstić information content (AvgIpc) is 2.66. The highest BCUT2D eigenvalue weighted by Gasteiger charge is 2.10. The lowest BCUT2D eigenvalue weighted by molar-refractivity contribution is 0.0967. The Morgan fingerprint density at radius 2 is 2.27 bits per heavy atom. The summed E-state index contributed by atoms with van der Waals surface area (Å²) in [6.45, 7) is 0. The molecule has 0 aliphatic rings. The molecule has 0 atom stereocenters. The quantitative estimate of drug-likeness (QED) is 0.846. The molecule has 0 spiro atoms. The maximum Gasteiger partial charge on any atom is 0.304 e. The summed E-state index contributed by atoms with van der Waals surface area (Å²) in [6.07, 6.45) is 1.37. The molecule has 76 valence electrons. The van der Waals surface area contributed by atoms with Crippen LogP contribution >= 0.6 is 11.6 Å². The lowest BCUT2D eigenvalue weighted by Crippen LogP contribution is -2.10. The van der Waals surface area contributed by atoms with Crippen molar-refractivity contribution in [1.29, 1.82) is 0 Å². The molecule has 1 aromatic carbocycles. The van der Waals surface area contributed by atoms with Gasteiger partial charge in [0.05, 0.1) is 0 Å². The Bertz CT molecular complexity index is 508. The highest BCUT2D eigenvalue weighted by atomic mass is 35.5. The minimum Gasteiger partial charge on any atom is -0.440 e. The van der Waals surface area contributed by atoms with Crippen LogP contribution in [0, 0.1) is 0 Å². The summed E-state index contributed by atoms with van der Waals surface area (Å²) < 4.78 is 4.89. The number of nitrogens with two attached hydrogens (primary N) is 1. The van der Waals surface area contributed by atoms with Crippen molar-refractivity contribution < 1.29 is 9.21 Å². The molecule has 4 nitrogen and oxygen atoms in total. The molecular weight excluding hydrogens is 216 g/mol. The van der Waals surface area contributed by atoms with Crippen molar-refractivity contribution in [2.45, 2.75) is 0 Å². The molecule has 1 heterocycles. The summed E-state index contributed by atoms with van der Waals surface area (Å²) in [4.78, 5) is 14.7. The topological polar surface area (TPSA) is 69.1 Å². The van der Waals surface area contributed by atoms with Crippen LogP contribution in [-0.4, -0.2) is 10.9 Å². The Hall–Kier alpha value is -1.81. The van der Waals surface area contributed by atoms with Gasteiger partial charge in [-0.15, -0.1) is 0 Å². The molecule has 0 aliphatic heterocycles. The van der Waals surface area contributed by atoms with Crippen molar-refractivity contribution in [3.63, 3.8) is 0 Å². The molecule has 0 radical (unpaired) electrons. The predicted octanol–water partition coefficient (Wildman–Crippen LogP) is 2.09. The number of carbonyl (C=O) groups excluding carboxylic acids is 1. The van der Waals surface area contributed by atoms with Crippen LogP contribution in [0.3, 0.4) is 0 Å². The number of amides is 1. The third-order valence-corrected chi connectivity index (χ3v) is 2.07. The number of hydrogen-bond acceptors (Lipinski definition) is 3. The van der Waals surface area contributed by atoms with E-state index >= 15 is 0 Å². The van der Waals surface area contributed by atoms with Crippen LogP contribution in [-0.2, 0) is 0 Å². The molecule has 0 unspecified atom stereocenters. The molecule has 2 aromatic rings. The van der Waals surface area contributed by atoms with Gasteiger partial charge in [0.25, 0.3) is 5.89 Å². The summed E-state index contributed by atoms with van der Waals surface area (Å²) in [5.74, 6) is -0.798. The van der Waals surface area contributed by atoms with Gasteiger partial charge < -0.3 is 10.2 Å². The van der Waals surface area contributed by atoms with Crippen molar-refractivity contribution in [3.05, 3.63) is 41.4 Å². The second-order valence-corrected chi connectivity index (χ2v) is 3.35. The van der Waals surface area contributed by atoms with E-state index in [4.69, 9.17) is 21.8 Å². The summed E-state index contributed by atoms with van der Waals surface area (Å²) in [5, 5.41) is 0.594. The molecular formula is C10H7ClN2O2. The second kappa shape index (κ2) is 3.74. The SMILES string of the molecule is NC(=O)c1nc(-c2cccc(Cl)c2)co1. The Morgan fingerprint density at radius 3 is 2.87 bits per heavy atom. The van der Waals surface area contributed by atoms with Crippen molar-refractivity contribution in [3.8, 4) is 11.3 Å². The Kier molecular flexibility index (Phi) is 2.43. The average molecular weight is 223 g/mol. The first kappa shape index (κ1) is 9.73. The number of halogens is 1. The number of benzene rings is 1. The van der Waals surface area contributed by atoms with E-state index in [9.17, 15) is 4.79 Å². The molecule has 0 aliphatic carbocycles. The number of primary amides is 1. The fourth-order valence-electron chi connectivity index (χ4n) is 1.17. The summed E-state index contributed by atoms with van der Waals surface area (Å²) in [7, 11) is 0. The standard InChI is InChI=1S/C10H7ClN2O2/c11-7-3-1-2-6(4-7)8-5-15-10(13-8)9(12)14/h1-5H,(H2,12,14). The van der Waals surface area contributed by atoms with Gasteiger partial charge in [-0.2, -0.15) is 0 Å². The van der Waals surface area contributed by atoms with Gasteiger partial charge in [0.1, 0.15) is 12.0 Å². The number of nitrogens with zero attached hydrogens (tertiary/aromatic N) is 1. The zero-order valence-corrected chi connectivity index (χ0v) is 8.36. The molecule has 2 N–H and O–H groups in total. The van der Waals surface area contributed by atoms with E-state index in [1.807, 2.05) is 6.07 Å². The molecule has 0 saturated heterocycles. The number of rotatable bonds is 2. The van der Waals surface area contributed by atoms with Gasteiger partial charge in [-0.3, -0.25) is 4.79 Å². The number of aromatic nitrogens is 1. The Morgan fingerprint density at radius 1 is 1.47 bits per heavy atom. The lowest BCUT2D eigenvalue weighted by atomic mass is 10.2. The summed E-state index contributed by atoms with van der Waals surface area (Å²) >= 11 is 5.81. The maximum atomic E-state index is 10.8. The van der Waals surface area contributed by atoms with Crippen LogP contribution in [0.5, 0.6) is 0 Å². The van der Waals surface area contributed by atoms with Gasteiger partial charge in [0.15, 0.2) is 0 Å². The van der Waals surface area contributed by atoms with Crippen molar-refractivity contribution >= 4 is 17.5 Å². The van der Waals surface area contributed by atoms with Crippen LogP contribution in [0.25, 0.3) is 11.3 Å². The van der Waals surface area contributed by atoms with E-state index in [2.05, 4.69) is 4.98 Å². The largest absolute Gasteiger partial charge is 0.440 e. The van der Waals surface area contributed by atoms with Crippen LogP contribution in [0.15, 0.2) is 34.9 Å². The first-order valence-electron chi connectivity index (χ1n) is 4.18. The fraction of sp³-hybridized carbons (Fsp3) is 0. The monoisotopic (exact) mass is 222 g/mol. The van der Waals surface area contributed by atoms with Gasteiger partial charge in [-0.05, 0) is 12.1 Å². The Balaban J connectivity index is 2.41. The molecule has 1 amide bonds. The van der Waals surface area contributed by atoms with Crippen LogP contribution in [0.2, 0.25) is 5.02 Å². The number of oxazole rings is 1. The predicted molar refractivity (Wildman–Crippen MR) is 55.5 cm³/mol. The van der Waals surface area contributed by atoms with Crippen molar-refractivity contribution in [1.82, 2.24) is 4.98 Å². The van der Waals surface area contributed by atoms with Gasteiger partial charge in [-0.1, -0.05) is 23.7 Å². The third kappa shape index (κ3) is 1.99. The number of hydrogen-bond donors (Lipinski definition) is 1. The fourth-order valence-corrected chi connectivity index (χ4v) is 1.36. The zero-order valence-electron chi connectivity index (χ0n) is 7.61. The van der Waals surface area contributed by atoms with Crippen LogP contribution in [0.1, 0.15) is 10.7 Å². The van der Waals surface area contributed by atoms with E-state index in [0.29, 0.717) is 10.7 Å². The van der Waals surface area contributed by atoms with Crippen LogP contribution in [0.4, 0.5) is 0 Å². The smallest absolute Gasteiger partial charge is 0.304 e. The summed E-state index contributed by atoms with van der Waals surface area (Å²) in [6, 6.07) is 7.08. The maximum absolute atomic E-state index is 10.8. The normalized spacial score (nSPS) is 10.2. The van der Waals surface area contributed by atoms with E-state index in [1.54, 1.807) is 18.2 Å².